The molecule has 0 saturated carbocycles. The number of fused-ring (bicyclic) bond motifs is 1. The number of amides is 3. The van der Waals surface area contributed by atoms with Crippen LogP contribution in [-0.4, -0.2) is 67.0 Å². The number of nitrogens with zero attached hydrogens (tertiary/aromatic N) is 2. The highest BCUT2D eigenvalue weighted by Gasteiger charge is 2.39. The van der Waals surface area contributed by atoms with Crippen LogP contribution in [0.25, 0.3) is 11.1 Å². The van der Waals surface area contributed by atoms with E-state index in [1.807, 2.05) is 19.1 Å². The standard InChI is InChI=1S/C27H27N3O7S/c1-3-37-20-12-8-18(9-13-20)19-10-14-21(15-11-19)38(35,36)30(34)24(25(31)28-2)16-17-29-26(32)22-6-4-5-7-23(22)27(29)33/h4-15,24,34H,3,16-17H2,1-2H3,(H,28,31)/t24-/m1/s1. The van der Waals surface area contributed by atoms with Gasteiger partial charge in [-0.05, 0) is 60.9 Å². The minimum Gasteiger partial charge on any atom is -0.494 e. The predicted octanol–water partition coefficient (Wildman–Crippen LogP) is 2.93. The Bertz CT molecular complexity index is 1420. The van der Waals surface area contributed by atoms with Crippen LogP contribution < -0.4 is 10.1 Å². The monoisotopic (exact) mass is 537 g/mol. The highest BCUT2D eigenvalue weighted by atomic mass is 32.2. The summed E-state index contributed by atoms with van der Waals surface area (Å²) in [6, 6.07) is 17.8. The van der Waals surface area contributed by atoms with Gasteiger partial charge in [0.05, 0.1) is 22.6 Å². The zero-order valence-electron chi connectivity index (χ0n) is 20.8. The Morgan fingerprint density at radius 3 is 1.97 bits per heavy atom. The van der Waals surface area contributed by atoms with Crippen molar-refractivity contribution in [2.75, 3.05) is 20.2 Å². The van der Waals surface area contributed by atoms with Gasteiger partial charge in [0.1, 0.15) is 11.8 Å². The molecule has 1 aliphatic rings. The van der Waals surface area contributed by atoms with Crippen LogP contribution in [0, 0.1) is 0 Å². The van der Waals surface area contributed by atoms with Crippen molar-refractivity contribution in [2.24, 2.45) is 0 Å². The number of benzene rings is 3. The van der Waals surface area contributed by atoms with Gasteiger partial charge in [0.15, 0.2) is 0 Å². The molecule has 1 heterocycles. The Labute approximate surface area is 220 Å². The second-order valence-electron chi connectivity index (χ2n) is 8.49. The molecular weight excluding hydrogens is 510 g/mol. The average Bonchev–Trinajstić information content (AvgIpc) is 3.18. The summed E-state index contributed by atoms with van der Waals surface area (Å²) in [5.41, 5.74) is 2.04. The Hall–Kier alpha value is -4.06. The number of sulfonamides is 1. The lowest BCUT2D eigenvalue weighted by atomic mass is 10.1. The van der Waals surface area contributed by atoms with Crippen molar-refractivity contribution in [3.05, 3.63) is 83.9 Å². The normalized spacial score (nSPS) is 13.9. The number of carbonyl (C=O) groups excluding carboxylic acids is 3. The van der Waals surface area contributed by atoms with E-state index in [1.165, 1.54) is 31.3 Å². The lowest BCUT2D eigenvalue weighted by Gasteiger charge is -2.25. The first-order valence-corrected chi connectivity index (χ1v) is 13.4. The SMILES string of the molecule is CCOc1ccc(-c2ccc(S(=O)(=O)N(O)[C@H](CCN3C(=O)c4ccccc4C3=O)C(=O)NC)cc2)cc1. The molecule has 3 amide bonds. The van der Waals surface area contributed by atoms with Gasteiger partial charge in [-0.15, -0.1) is 0 Å². The summed E-state index contributed by atoms with van der Waals surface area (Å²) in [5.74, 6) is -1.16. The molecule has 0 aliphatic carbocycles. The van der Waals surface area contributed by atoms with Crippen LogP contribution in [-0.2, 0) is 14.8 Å². The van der Waals surface area contributed by atoms with Crippen LogP contribution in [0.1, 0.15) is 34.1 Å². The fourth-order valence-electron chi connectivity index (χ4n) is 4.21. The third-order valence-corrected chi connectivity index (χ3v) is 7.83. The molecule has 198 valence electrons. The zero-order chi connectivity index (χ0) is 27.4. The minimum atomic E-state index is -4.51. The van der Waals surface area contributed by atoms with Crippen molar-refractivity contribution in [3.63, 3.8) is 0 Å². The first kappa shape index (κ1) is 27.0. The van der Waals surface area contributed by atoms with Crippen molar-refractivity contribution in [3.8, 4) is 16.9 Å². The van der Waals surface area contributed by atoms with E-state index in [-0.39, 0.29) is 33.5 Å². The van der Waals surface area contributed by atoms with Gasteiger partial charge in [-0.2, -0.15) is 0 Å². The second kappa shape index (κ2) is 11.1. The molecule has 0 radical (unpaired) electrons. The molecule has 0 bridgehead atoms. The molecule has 0 aromatic heterocycles. The number of hydrogen-bond donors (Lipinski definition) is 2. The molecule has 4 rings (SSSR count). The zero-order valence-corrected chi connectivity index (χ0v) is 21.6. The second-order valence-corrected chi connectivity index (χ2v) is 10.3. The number of likely N-dealkylation sites (N-methyl/N-ethyl adjacent to an activating group) is 1. The number of nitrogens with one attached hydrogen (secondary N) is 1. The molecule has 0 unspecified atom stereocenters. The van der Waals surface area contributed by atoms with Crippen molar-refractivity contribution in [1.82, 2.24) is 14.7 Å². The van der Waals surface area contributed by atoms with Crippen LogP contribution in [0.2, 0.25) is 0 Å². The van der Waals surface area contributed by atoms with Gasteiger partial charge in [-0.3, -0.25) is 24.5 Å². The van der Waals surface area contributed by atoms with Gasteiger partial charge in [0.2, 0.25) is 5.91 Å². The molecular formula is C27H27N3O7S. The Kier molecular flexibility index (Phi) is 7.91. The largest absolute Gasteiger partial charge is 0.494 e. The Morgan fingerprint density at radius 1 is 0.947 bits per heavy atom. The maximum Gasteiger partial charge on any atom is 0.265 e. The summed E-state index contributed by atoms with van der Waals surface area (Å²) in [7, 11) is -3.22. The van der Waals surface area contributed by atoms with Crippen LogP contribution in [0.5, 0.6) is 5.75 Å². The fourth-order valence-corrected chi connectivity index (χ4v) is 5.44. The number of carbonyl (C=O) groups is 3. The number of ether oxygens (including phenoxy) is 1. The molecule has 3 aromatic carbocycles. The maximum absolute atomic E-state index is 13.2. The Balaban J connectivity index is 1.51. The maximum atomic E-state index is 13.2. The van der Waals surface area contributed by atoms with Crippen molar-refractivity contribution in [2.45, 2.75) is 24.3 Å². The van der Waals surface area contributed by atoms with E-state index in [9.17, 15) is 28.0 Å². The fraction of sp³-hybridized carbons (Fsp3) is 0.222. The molecule has 1 atom stereocenters. The van der Waals surface area contributed by atoms with Gasteiger partial charge in [0.25, 0.3) is 21.8 Å². The van der Waals surface area contributed by atoms with Crippen molar-refractivity contribution in [1.29, 1.82) is 0 Å². The van der Waals surface area contributed by atoms with E-state index in [4.69, 9.17) is 4.74 Å². The molecule has 2 N–H and O–H groups in total. The molecule has 38 heavy (non-hydrogen) atoms. The third kappa shape index (κ3) is 5.17. The van der Waals surface area contributed by atoms with Crippen LogP contribution in [0.15, 0.2) is 77.7 Å². The topological polar surface area (TPSA) is 133 Å². The van der Waals surface area contributed by atoms with Gasteiger partial charge >= 0.3 is 0 Å². The summed E-state index contributed by atoms with van der Waals surface area (Å²) in [4.78, 5) is 38.6. The van der Waals surface area contributed by atoms with E-state index in [0.717, 1.165) is 16.0 Å². The highest BCUT2D eigenvalue weighted by Crippen LogP contribution is 2.27. The molecule has 3 aromatic rings. The van der Waals surface area contributed by atoms with Crippen LogP contribution in [0.4, 0.5) is 0 Å². The summed E-state index contributed by atoms with van der Waals surface area (Å²) in [5, 5.41) is 13.0. The molecule has 0 spiro atoms. The first-order valence-electron chi connectivity index (χ1n) is 11.9. The summed E-state index contributed by atoms with van der Waals surface area (Å²) in [6.07, 6.45) is -0.314. The van der Waals surface area contributed by atoms with Crippen molar-refractivity contribution < 1.29 is 32.7 Å². The number of hydrogen-bond acceptors (Lipinski definition) is 7. The van der Waals surface area contributed by atoms with E-state index in [2.05, 4.69) is 5.32 Å². The molecule has 10 nitrogen and oxygen atoms in total. The molecule has 1 aliphatic heterocycles. The van der Waals surface area contributed by atoms with Gasteiger partial charge in [-0.25, -0.2) is 8.42 Å². The number of rotatable bonds is 10. The summed E-state index contributed by atoms with van der Waals surface area (Å²) < 4.78 is 31.8. The average molecular weight is 538 g/mol. The lowest BCUT2D eigenvalue weighted by Crippen LogP contribution is -2.49. The van der Waals surface area contributed by atoms with Gasteiger partial charge in [-0.1, -0.05) is 40.9 Å². The summed E-state index contributed by atoms with van der Waals surface area (Å²) in [6.45, 7) is 2.16. The van der Waals surface area contributed by atoms with E-state index < -0.39 is 33.8 Å². The smallest absolute Gasteiger partial charge is 0.265 e. The molecule has 0 fully saturated rings. The van der Waals surface area contributed by atoms with Gasteiger partial charge < -0.3 is 10.1 Å². The minimum absolute atomic E-state index is 0.0180. The van der Waals surface area contributed by atoms with Crippen molar-refractivity contribution >= 4 is 27.7 Å². The van der Waals surface area contributed by atoms with E-state index >= 15 is 0 Å². The van der Waals surface area contributed by atoms with E-state index in [0.29, 0.717) is 12.4 Å². The number of hydroxylamine groups is 1. The Morgan fingerprint density at radius 2 is 1.47 bits per heavy atom. The molecule has 0 saturated heterocycles. The van der Waals surface area contributed by atoms with Gasteiger partial charge in [0, 0.05) is 13.6 Å². The first-order chi connectivity index (χ1) is 18.2. The summed E-state index contributed by atoms with van der Waals surface area (Å²) >= 11 is 0. The molecule has 11 heteroatoms. The highest BCUT2D eigenvalue weighted by molar-refractivity contribution is 7.89. The van der Waals surface area contributed by atoms with E-state index in [1.54, 1.807) is 36.4 Å². The van der Waals surface area contributed by atoms with Crippen LogP contribution in [0.3, 0.4) is 0 Å². The third-order valence-electron chi connectivity index (χ3n) is 6.22. The lowest BCUT2D eigenvalue weighted by molar-refractivity contribution is -0.134. The quantitative estimate of drug-likeness (QED) is 0.300. The number of imide groups is 1. The predicted molar refractivity (Wildman–Crippen MR) is 138 cm³/mol. The van der Waals surface area contributed by atoms with Crippen LogP contribution >= 0.6 is 0 Å².